The molecule has 14 aromatic rings. The van der Waals surface area contributed by atoms with Crippen molar-refractivity contribution < 1.29 is 4.68 Å². The van der Waals surface area contributed by atoms with Crippen LogP contribution in [0.1, 0.15) is 44.5 Å². The van der Waals surface area contributed by atoms with Crippen molar-refractivity contribution in [3.63, 3.8) is 0 Å². The quantitative estimate of drug-likeness (QED) is 0.149. The second-order valence-corrected chi connectivity index (χ2v) is 20.2. The lowest BCUT2D eigenvalue weighted by atomic mass is 9.67. The minimum absolute atomic E-state index is 0.601. The van der Waals surface area contributed by atoms with E-state index >= 15 is 0 Å². The standard InChI is InChI=1S/C71H46N5/c1-6-24-47(25-7-1)68-72-46-74(76-63-41-23-19-35-53(63)55-43-45-61-65(67(55)76)57-37-17-21-39-59(57)71(61,50-30-12-4-13-31-50)51-32-14-5-15-33-51)69(73-68)75-62-40-22-18-34-52(62)54-42-44-60-64(66(54)75)56-36-16-20-38-58(56)70(60,48-26-8-2-9-27-48)49-28-10-3-11-29-49/h1-46H/q+1. The topological polar surface area (TPSA) is 39.5 Å². The lowest BCUT2D eigenvalue weighted by Gasteiger charge is -2.33. The van der Waals surface area contributed by atoms with Crippen molar-refractivity contribution in [3.05, 3.63) is 324 Å². The van der Waals surface area contributed by atoms with Crippen LogP contribution < -0.4 is 4.68 Å². The normalized spacial score (nSPS) is 13.7. The molecule has 0 fully saturated rings. The van der Waals surface area contributed by atoms with Crippen LogP contribution in [0.15, 0.2) is 279 Å². The smallest absolute Gasteiger partial charge is 0.213 e. The number of rotatable bonds is 7. The molecule has 0 radical (unpaired) electrons. The van der Waals surface area contributed by atoms with E-state index in [4.69, 9.17) is 9.97 Å². The molecule has 3 aromatic heterocycles. The van der Waals surface area contributed by atoms with E-state index < -0.39 is 10.8 Å². The Kier molecular flexibility index (Phi) is 9.10. The van der Waals surface area contributed by atoms with E-state index in [2.05, 4.69) is 281 Å². The molecule has 0 amide bonds. The van der Waals surface area contributed by atoms with Crippen molar-refractivity contribution in [1.82, 2.24) is 19.2 Å². The molecule has 0 spiro atoms. The van der Waals surface area contributed by atoms with Crippen molar-refractivity contribution in [2.24, 2.45) is 0 Å². The van der Waals surface area contributed by atoms with E-state index in [0.717, 1.165) is 49.2 Å². The maximum absolute atomic E-state index is 5.85. The largest absolute Gasteiger partial charge is 0.384 e. The first-order valence-electron chi connectivity index (χ1n) is 26.2. The fraction of sp³-hybridized carbons (Fsp3) is 0.0282. The molecular formula is C71H46N5+. The molecule has 11 aromatic carbocycles. The lowest BCUT2D eigenvalue weighted by Crippen LogP contribution is -2.47. The van der Waals surface area contributed by atoms with Crippen LogP contribution in [0.2, 0.25) is 0 Å². The third-order valence-electron chi connectivity index (χ3n) is 16.6. The Morgan fingerprint density at radius 2 is 0.737 bits per heavy atom. The maximum atomic E-state index is 5.85. The third kappa shape index (κ3) is 5.61. The summed E-state index contributed by atoms with van der Waals surface area (Å²) in [6.45, 7) is 0. The number of hydrogen-bond acceptors (Lipinski definition) is 2. The van der Waals surface area contributed by atoms with Gasteiger partial charge in [-0.1, -0.05) is 254 Å². The number of benzene rings is 11. The van der Waals surface area contributed by atoms with E-state index in [1.807, 2.05) is 12.4 Å². The molecule has 5 heteroatoms. The van der Waals surface area contributed by atoms with Gasteiger partial charge in [0.15, 0.2) is 0 Å². The molecular weight excluding hydrogens is 923 g/mol. The molecule has 0 atom stereocenters. The average Bonchev–Trinajstić information content (AvgIpc) is 4.38. The summed E-state index contributed by atoms with van der Waals surface area (Å²) < 4.78 is 7.08. The Morgan fingerprint density at radius 1 is 0.329 bits per heavy atom. The second kappa shape index (κ2) is 16.3. The molecule has 3 heterocycles. The minimum atomic E-state index is -0.606. The van der Waals surface area contributed by atoms with Crippen LogP contribution in [0.5, 0.6) is 0 Å². The molecule has 354 valence electrons. The zero-order valence-corrected chi connectivity index (χ0v) is 41.3. The molecule has 0 bridgehead atoms. The molecule has 0 saturated carbocycles. The fourth-order valence-electron chi connectivity index (χ4n) is 13.7. The number of hydrogen-bond donors (Lipinski definition) is 0. The molecule has 16 rings (SSSR count). The van der Waals surface area contributed by atoms with Crippen LogP contribution in [0.3, 0.4) is 0 Å². The van der Waals surface area contributed by atoms with Gasteiger partial charge in [-0.05, 0) is 79.9 Å². The van der Waals surface area contributed by atoms with Crippen LogP contribution in [0.25, 0.3) is 83.2 Å². The Bertz CT molecular complexity index is 4540. The Hall–Kier alpha value is -9.97. The SMILES string of the molecule is c1ccc(-c2nc[n+](-n3c4ccccc4c4ccc5c(c43)-c3ccccc3C5(c3ccccc3)c3ccccc3)c(-n3c4ccccc4c4ccc5c(c43)-c3ccccc3C5(c3ccccc3)c3ccccc3)n2)cc1. The molecule has 0 saturated heterocycles. The first-order chi connectivity index (χ1) is 37.8. The predicted octanol–water partition coefficient (Wildman–Crippen LogP) is 15.7. The van der Waals surface area contributed by atoms with Gasteiger partial charge in [-0.25, -0.2) is 9.24 Å². The Labute approximate surface area is 439 Å². The first-order valence-corrected chi connectivity index (χ1v) is 26.2. The van der Waals surface area contributed by atoms with E-state index in [-0.39, 0.29) is 0 Å². The molecule has 0 N–H and O–H groups in total. The summed E-state index contributed by atoms with van der Waals surface area (Å²) in [5, 5.41) is 4.60. The van der Waals surface area contributed by atoms with Gasteiger partial charge in [-0.3, -0.25) is 0 Å². The highest BCUT2D eigenvalue weighted by Gasteiger charge is 2.49. The van der Waals surface area contributed by atoms with Crippen LogP contribution >= 0.6 is 0 Å². The Morgan fingerprint density at radius 3 is 1.26 bits per heavy atom. The summed E-state index contributed by atoms with van der Waals surface area (Å²) in [5.41, 5.74) is 18.7. The van der Waals surface area contributed by atoms with Crippen molar-refractivity contribution in [1.29, 1.82) is 0 Å². The molecule has 5 nitrogen and oxygen atoms in total. The summed E-state index contributed by atoms with van der Waals surface area (Å²) in [5.74, 6) is 1.35. The molecule has 2 aliphatic rings. The van der Waals surface area contributed by atoms with Crippen molar-refractivity contribution in [2.75, 3.05) is 0 Å². The summed E-state index contributed by atoms with van der Waals surface area (Å²) in [4.78, 5) is 11.2. The first kappa shape index (κ1) is 42.5. The van der Waals surface area contributed by atoms with Gasteiger partial charge in [0.25, 0.3) is 5.82 Å². The van der Waals surface area contributed by atoms with Gasteiger partial charge in [0.1, 0.15) is 11.0 Å². The van der Waals surface area contributed by atoms with Gasteiger partial charge < -0.3 is 0 Å². The number of fused-ring (bicyclic) bond motifs is 14. The molecule has 76 heavy (non-hydrogen) atoms. The van der Waals surface area contributed by atoms with Crippen LogP contribution in [-0.4, -0.2) is 19.2 Å². The molecule has 2 aliphatic carbocycles. The van der Waals surface area contributed by atoms with Crippen LogP contribution in [-0.2, 0) is 10.8 Å². The highest BCUT2D eigenvalue weighted by atomic mass is 15.5. The van der Waals surface area contributed by atoms with E-state index in [0.29, 0.717) is 11.8 Å². The number of nitrogens with zero attached hydrogens (tertiary/aromatic N) is 5. The van der Waals surface area contributed by atoms with Crippen LogP contribution in [0, 0.1) is 0 Å². The van der Waals surface area contributed by atoms with E-state index in [9.17, 15) is 0 Å². The van der Waals surface area contributed by atoms with E-state index in [1.165, 1.54) is 66.8 Å². The second-order valence-electron chi connectivity index (χ2n) is 20.2. The third-order valence-corrected chi connectivity index (χ3v) is 16.6. The van der Waals surface area contributed by atoms with Gasteiger partial charge in [0, 0.05) is 38.2 Å². The van der Waals surface area contributed by atoms with Gasteiger partial charge in [0.2, 0.25) is 6.33 Å². The zero-order valence-electron chi connectivity index (χ0n) is 41.3. The predicted molar refractivity (Wildman–Crippen MR) is 307 cm³/mol. The average molecular weight is 969 g/mol. The van der Waals surface area contributed by atoms with Crippen molar-refractivity contribution >= 4 is 43.6 Å². The lowest BCUT2D eigenvalue weighted by molar-refractivity contribution is -0.719. The van der Waals surface area contributed by atoms with Gasteiger partial charge in [-0.15, -0.1) is 9.66 Å². The summed E-state index contributed by atoms with van der Waals surface area (Å²) in [6, 6.07) is 100.0. The van der Waals surface area contributed by atoms with E-state index in [1.54, 1.807) is 0 Å². The maximum Gasteiger partial charge on any atom is 0.384 e. The molecule has 0 aliphatic heterocycles. The van der Waals surface area contributed by atoms with Crippen molar-refractivity contribution in [3.8, 4) is 39.6 Å². The van der Waals surface area contributed by atoms with Crippen molar-refractivity contribution in [2.45, 2.75) is 10.8 Å². The minimum Gasteiger partial charge on any atom is -0.213 e. The summed E-state index contributed by atoms with van der Waals surface area (Å²) >= 11 is 0. The highest BCUT2D eigenvalue weighted by Crippen LogP contribution is 2.60. The van der Waals surface area contributed by atoms with Gasteiger partial charge >= 0.3 is 5.95 Å². The molecule has 0 unspecified atom stereocenters. The monoisotopic (exact) mass is 968 g/mol. The summed E-state index contributed by atoms with van der Waals surface area (Å²) in [6.07, 6.45) is 2.01. The summed E-state index contributed by atoms with van der Waals surface area (Å²) in [7, 11) is 0. The van der Waals surface area contributed by atoms with Gasteiger partial charge in [-0.2, -0.15) is 0 Å². The Balaban J connectivity index is 1.08. The number of para-hydroxylation sites is 2. The van der Waals surface area contributed by atoms with Gasteiger partial charge in [0.05, 0.1) is 21.9 Å². The highest BCUT2D eigenvalue weighted by molar-refractivity contribution is 6.17. The number of aromatic nitrogens is 5. The zero-order chi connectivity index (χ0) is 50.0. The fourth-order valence-corrected chi connectivity index (χ4v) is 13.7. The van der Waals surface area contributed by atoms with Crippen LogP contribution in [0.4, 0.5) is 0 Å².